The standard InChI is InChI=1S/C14H19NO6/c1-19-12(20-2)8-11(13(16)17)15-14(18)21-9-10-6-4-3-5-7-10/h3-7,11-12H,8-9H2,1-2H3,(H,15,18)(H,16,17). The summed E-state index contributed by atoms with van der Waals surface area (Å²) >= 11 is 0. The molecule has 116 valence electrons. The molecule has 1 atom stereocenters. The van der Waals surface area contributed by atoms with Crippen LogP contribution in [0.15, 0.2) is 30.3 Å². The van der Waals surface area contributed by atoms with Crippen LogP contribution in [0.25, 0.3) is 0 Å². The summed E-state index contributed by atoms with van der Waals surface area (Å²) in [6.07, 6.45) is -1.55. The molecular formula is C14H19NO6. The third-order valence-electron chi connectivity index (χ3n) is 2.76. The highest BCUT2D eigenvalue weighted by molar-refractivity contribution is 5.79. The lowest BCUT2D eigenvalue weighted by molar-refractivity contribution is -0.146. The van der Waals surface area contributed by atoms with E-state index < -0.39 is 24.4 Å². The number of hydrogen-bond donors (Lipinski definition) is 2. The van der Waals surface area contributed by atoms with E-state index in [0.29, 0.717) is 0 Å². The molecule has 0 aliphatic rings. The Morgan fingerprint density at radius 1 is 1.19 bits per heavy atom. The van der Waals surface area contributed by atoms with Crippen LogP contribution in [0.5, 0.6) is 0 Å². The first kappa shape index (κ1) is 16.9. The van der Waals surface area contributed by atoms with Gasteiger partial charge in [-0.25, -0.2) is 9.59 Å². The Morgan fingerprint density at radius 2 is 1.81 bits per heavy atom. The van der Waals surface area contributed by atoms with Crippen LogP contribution in [0.4, 0.5) is 4.79 Å². The van der Waals surface area contributed by atoms with E-state index in [4.69, 9.17) is 19.3 Å². The highest BCUT2D eigenvalue weighted by Gasteiger charge is 2.24. The van der Waals surface area contributed by atoms with E-state index in [0.717, 1.165) is 5.56 Å². The summed E-state index contributed by atoms with van der Waals surface area (Å²) in [5.41, 5.74) is 0.811. The maximum absolute atomic E-state index is 11.6. The minimum absolute atomic E-state index is 0.0250. The summed E-state index contributed by atoms with van der Waals surface area (Å²) in [7, 11) is 2.78. The Balaban J connectivity index is 2.47. The summed E-state index contributed by atoms with van der Waals surface area (Å²) < 4.78 is 14.8. The second-order valence-corrected chi connectivity index (χ2v) is 4.23. The fourth-order valence-electron chi connectivity index (χ4n) is 1.61. The van der Waals surface area contributed by atoms with Crippen molar-refractivity contribution in [2.45, 2.75) is 25.4 Å². The van der Waals surface area contributed by atoms with Gasteiger partial charge in [-0.2, -0.15) is 0 Å². The van der Waals surface area contributed by atoms with Crippen LogP contribution < -0.4 is 5.32 Å². The maximum Gasteiger partial charge on any atom is 0.408 e. The van der Waals surface area contributed by atoms with Crippen LogP contribution in [0.2, 0.25) is 0 Å². The number of nitrogens with one attached hydrogen (secondary N) is 1. The first-order valence-corrected chi connectivity index (χ1v) is 6.32. The number of benzene rings is 1. The van der Waals surface area contributed by atoms with Gasteiger partial charge in [-0.1, -0.05) is 30.3 Å². The van der Waals surface area contributed by atoms with E-state index in [1.54, 1.807) is 12.1 Å². The van der Waals surface area contributed by atoms with Gasteiger partial charge in [-0.05, 0) is 5.56 Å². The number of aliphatic carboxylic acids is 1. The van der Waals surface area contributed by atoms with E-state index in [1.165, 1.54) is 14.2 Å². The van der Waals surface area contributed by atoms with Gasteiger partial charge in [0.15, 0.2) is 6.29 Å². The van der Waals surface area contributed by atoms with Gasteiger partial charge in [-0.3, -0.25) is 0 Å². The molecule has 0 aliphatic carbocycles. The van der Waals surface area contributed by atoms with Crippen molar-refractivity contribution in [2.24, 2.45) is 0 Å². The Kier molecular flexibility index (Phi) is 7.20. The number of carbonyl (C=O) groups excluding carboxylic acids is 1. The molecule has 0 saturated heterocycles. The molecule has 1 unspecified atom stereocenters. The Morgan fingerprint density at radius 3 is 2.33 bits per heavy atom. The smallest absolute Gasteiger partial charge is 0.408 e. The largest absolute Gasteiger partial charge is 0.480 e. The average molecular weight is 297 g/mol. The molecule has 1 aromatic rings. The molecular weight excluding hydrogens is 278 g/mol. The van der Waals surface area contributed by atoms with Crippen molar-refractivity contribution in [3.8, 4) is 0 Å². The zero-order chi connectivity index (χ0) is 15.7. The van der Waals surface area contributed by atoms with Gasteiger partial charge in [0.2, 0.25) is 0 Å². The summed E-state index contributed by atoms with van der Waals surface area (Å²) in [6, 6.07) is 7.93. The molecule has 7 heteroatoms. The van der Waals surface area contributed by atoms with Crippen molar-refractivity contribution < 1.29 is 28.9 Å². The number of methoxy groups -OCH3 is 2. The molecule has 1 rings (SSSR count). The summed E-state index contributed by atoms with van der Waals surface area (Å²) in [4.78, 5) is 22.7. The molecule has 0 radical (unpaired) electrons. The van der Waals surface area contributed by atoms with Gasteiger partial charge in [0.1, 0.15) is 12.6 Å². The Hall–Kier alpha value is -2.12. The van der Waals surface area contributed by atoms with E-state index in [2.05, 4.69) is 5.32 Å². The minimum atomic E-state index is -1.19. The van der Waals surface area contributed by atoms with Gasteiger partial charge in [0.05, 0.1) is 0 Å². The van der Waals surface area contributed by atoms with Crippen molar-refractivity contribution in [3.05, 3.63) is 35.9 Å². The van der Waals surface area contributed by atoms with Gasteiger partial charge in [0.25, 0.3) is 0 Å². The molecule has 1 aromatic carbocycles. The van der Waals surface area contributed by atoms with Crippen LogP contribution in [0.1, 0.15) is 12.0 Å². The molecule has 0 bridgehead atoms. The lowest BCUT2D eigenvalue weighted by Crippen LogP contribution is -2.43. The van der Waals surface area contributed by atoms with Crippen molar-refractivity contribution >= 4 is 12.1 Å². The van der Waals surface area contributed by atoms with E-state index in [1.807, 2.05) is 18.2 Å². The van der Waals surface area contributed by atoms with Crippen molar-refractivity contribution in [1.82, 2.24) is 5.32 Å². The number of hydrogen-bond acceptors (Lipinski definition) is 5. The predicted octanol–water partition coefficient (Wildman–Crippen LogP) is 1.38. The number of alkyl carbamates (subject to hydrolysis) is 1. The van der Waals surface area contributed by atoms with Crippen LogP contribution in [0.3, 0.4) is 0 Å². The first-order valence-electron chi connectivity index (χ1n) is 6.32. The summed E-state index contributed by atoms with van der Waals surface area (Å²) in [5, 5.41) is 11.3. The quantitative estimate of drug-likeness (QED) is 0.704. The topological polar surface area (TPSA) is 94.1 Å². The number of rotatable bonds is 8. The molecule has 0 aliphatic heterocycles. The van der Waals surface area contributed by atoms with E-state index >= 15 is 0 Å². The molecule has 0 spiro atoms. The van der Waals surface area contributed by atoms with E-state index in [9.17, 15) is 9.59 Å². The number of ether oxygens (including phenoxy) is 3. The molecule has 1 amide bonds. The molecule has 2 N–H and O–H groups in total. The van der Waals surface area contributed by atoms with Crippen molar-refractivity contribution in [3.63, 3.8) is 0 Å². The Bertz CT molecular complexity index is 446. The van der Waals surface area contributed by atoms with Gasteiger partial charge in [0, 0.05) is 20.6 Å². The minimum Gasteiger partial charge on any atom is -0.480 e. The molecule has 0 heterocycles. The molecule has 7 nitrogen and oxygen atoms in total. The van der Waals surface area contributed by atoms with Crippen molar-refractivity contribution in [1.29, 1.82) is 0 Å². The van der Waals surface area contributed by atoms with Crippen LogP contribution in [-0.4, -0.2) is 43.7 Å². The average Bonchev–Trinajstić information content (AvgIpc) is 2.50. The SMILES string of the molecule is COC(CC(NC(=O)OCc1ccccc1)C(=O)O)OC. The van der Waals surface area contributed by atoms with E-state index in [-0.39, 0.29) is 13.0 Å². The monoisotopic (exact) mass is 297 g/mol. The second kappa shape index (κ2) is 8.93. The lowest BCUT2D eigenvalue weighted by atomic mass is 10.2. The normalized spacial score (nSPS) is 12.0. The predicted molar refractivity (Wildman–Crippen MR) is 73.6 cm³/mol. The third kappa shape index (κ3) is 6.24. The highest BCUT2D eigenvalue weighted by atomic mass is 16.7. The number of carboxylic acids is 1. The number of carbonyl (C=O) groups is 2. The number of carboxylic acid groups (broad SMARTS) is 1. The fraction of sp³-hybridized carbons (Fsp3) is 0.429. The zero-order valence-corrected chi connectivity index (χ0v) is 11.9. The van der Waals surface area contributed by atoms with Gasteiger partial charge < -0.3 is 24.6 Å². The number of amides is 1. The molecule has 0 saturated carbocycles. The van der Waals surface area contributed by atoms with Crippen LogP contribution in [-0.2, 0) is 25.6 Å². The fourth-order valence-corrected chi connectivity index (χ4v) is 1.61. The molecule has 0 aromatic heterocycles. The Labute approximate surface area is 122 Å². The highest BCUT2D eigenvalue weighted by Crippen LogP contribution is 2.05. The zero-order valence-electron chi connectivity index (χ0n) is 11.9. The van der Waals surface area contributed by atoms with Gasteiger partial charge >= 0.3 is 12.1 Å². The molecule has 21 heavy (non-hydrogen) atoms. The van der Waals surface area contributed by atoms with Gasteiger partial charge in [-0.15, -0.1) is 0 Å². The van der Waals surface area contributed by atoms with Crippen LogP contribution in [0, 0.1) is 0 Å². The second-order valence-electron chi connectivity index (χ2n) is 4.23. The summed E-state index contributed by atoms with van der Waals surface area (Å²) in [5.74, 6) is -1.19. The summed E-state index contributed by atoms with van der Waals surface area (Å²) in [6.45, 7) is 0.0665. The first-order chi connectivity index (χ1) is 10.1. The van der Waals surface area contributed by atoms with Crippen LogP contribution >= 0.6 is 0 Å². The third-order valence-corrected chi connectivity index (χ3v) is 2.76. The maximum atomic E-state index is 11.6. The van der Waals surface area contributed by atoms with Crippen molar-refractivity contribution in [2.75, 3.05) is 14.2 Å². The molecule has 0 fully saturated rings. The lowest BCUT2D eigenvalue weighted by Gasteiger charge is -2.19.